The Morgan fingerprint density at radius 1 is 1.09 bits per heavy atom. The Morgan fingerprint density at radius 3 is 2.78 bits per heavy atom. The number of hydrogen-bond donors (Lipinski definition) is 0. The van der Waals surface area contributed by atoms with E-state index in [-0.39, 0.29) is 18.5 Å². The number of carbonyl (C=O) groups excluding carboxylic acids is 1. The van der Waals surface area contributed by atoms with Gasteiger partial charge in [0.1, 0.15) is 12.4 Å². The normalized spacial score (nSPS) is 18.1. The highest BCUT2D eigenvalue weighted by molar-refractivity contribution is 5.76. The molecule has 2 aliphatic heterocycles. The molecule has 0 spiro atoms. The Morgan fingerprint density at radius 2 is 1.97 bits per heavy atom. The first kappa shape index (κ1) is 20.7. The van der Waals surface area contributed by atoms with Crippen LogP contribution in [0.5, 0.6) is 0 Å². The quantitative estimate of drug-likeness (QED) is 0.600. The molecule has 1 saturated heterocycles. The van der Waals surface area contributed by atoms with Crippen LogP contribution in [-0.2, 0) is 24.2 Å². The van der Waals surface area contributed by atoms with Gasteiger partial charge >= 0.3 is 0 Å². The molecule has 166 valence electrons. The van der Waals surface area contributed by atoms with Crippen LogP contribution in [-0.4, -0.2) is 50.2 Å². The lowest BCUT2D eigenvalue weighted by molar-refractivity contribution is -0.133. The first-order chi connectivity index (χ1) is 15.7. The van der Waals surface area contributed by atoms with Crippen molar-refractivity contribution in [3.63, 3.8) is 0 Å². The predicted octanol–water partition coefficient (Wildman–Crippen LogP) is 3.34. The van der Waals surface area contributed by atoms with E-state index in [2.05, 4.69) is 47.3 Å². The van der Waals surface area contributed by atoms with Crippen LogP contribution >= 0.6 is 0 Å². The molecule has 0 aliphatic carbocycles. The monoisotopic (exact) mass is 430 g/mol. The van der Waals surface area contributed by atoms with Crippen molar-refractivity contribution in [1.29, 1.82) is 0 Å². The predicted molar refractivity (Wildman–Crippen MR) is 123 cm³/mol. The van der Waals surface area contributed by atoms with Crippen molar-refractivity contribution < 1.29 is 4.79 Å². The lowest BCUT2D eigenvalue weighted by Crippen LogP contribution is -2.36. The molecule has 32 heavy (non-hydrogen) atoms. The van der Waals surface area contributed by atoms with Gasteiger partial charge in [0.25, 0.3) is 0 Å². The number of amides is 1. The zero-order chi connectivity index (χ0) is 21.9. The molecule has 5 rings (SSSR count). The summed E-state index contributed by atoms with van der Waals surface area (Å²) < 4.78 is 1.68. The molecule has 7 heteroatoms. The van der Waals surface area contributed by atoms with Crippen molar-refractivity contribution >= 4 is 11.7 Å². The summed E-state index contributed by atoms with van der Waals surface area (Å²) in [6, 6.07) is 12.4. The minimum Gasteiger partial charge on any atom is -0.356 e. The zero-order valence-corrected chi connectivity index (χ0v) is 18.7. The van der Waals surface area contributed by atoms with Crippen molar-refractivity contribution in [3.05, 3.63) is 71.4 Å². The summed E-state index contributed by atoms with van der Waals surface area (Å²) in [5.41, 5.74) is 3.66. The number of benzene rings is 1. The molecule has 0 radical (unpaired) electrons. The van der Waals surface area contributed by atoms with Gasteiger partial charge in [0.15, 0.2) is 5.82 Å². The second-order valence-electron chi connectivity index (χ2n) is 8.74. The third kappa shape index (κ3) is 4.24. The summed E-state index contributed by atoms with van der Waals surface area (Å²) in [7, 11) is 0. The molecule has 0 bridgehead atoms. The van der Waals surface area contributed by atoms with Gasteiger partial charge in [-0.2, -0.15) is 5.10 Å². The molecule has 1 amide bonds. The third-order valence-corrected chi connectivity index (χ3v) is 6.60. The molecule has 0 N–H and O–H groups in total. The Bertz CT molecular complexity index is 1070. The van der Waals surface area contributed by atoms with Crippen LogP contribution in [0.4, 0.5) is 5.82 Å². The fourth-order valence-electron chi connectivity index (χ4n) is 4.94. The van der Waals surface area contributed by atoms with E-state index >= 15 is 0 Å². The molecule has 1 aromatic carbocycles. The maximum absolute atomic E-state index is 13.0. The minimum absolute atomic E-state index is 0.0556. The lowest BCUT2D eigenvalue weighted by atomic mass is 10.0. The van der Waals surface area contributed by atoms with Crippen molar-refractivity contribution in [2.45, 2.75) is 51.6 Å². The number of anilines is 1. The molecule has 2 aliphatic rings. The van der Waals surface area contributed by atoms with Crippen molar-refractivity contribution in [1.82, 2.24) is 24.6 Å². The number of hydrogen-bond acceptors (Lipinski definition) is 5. The van der Waals surface area contributed by atoms with Crippen molar-refractivity contribution in [2.24, 2.45) is 0 Å². The van der Waals surface area contributed by atoms with E-state index in [1.165, 1.54) is 11.1 Å². The summed E-state index contributed by atoms with van der Waals surface area (Å²) in [4.78, 5) is 27.3. The van der Waals surface area contributed by atoms with Gasteiger partial charge in [0, 0.05) is 43.3 Å². The Kier molecular flexibility index (Phi) is 5.88. The van der Waals surface area contributed by atoms with E-state index in [1.807, 2.05) is 17.2 Å². The van der Waals surface area contributed by atoms with Crippen molar-refractivity contribution in [2.75, 3.05) is 24.5 Å². The standard InChI is InChI=1S/C25H30N6O/c1-19-21-10-5-14-29(17-12-20-8-3-2-4-9-20)25(21)28-24(27-19)22-11-6-16-31(22)23(32)18-30-15-7-13-26-30/h2-4,7-9,13,15,22H,5-6,10-12,14,16-18H2,1H3. The zero-order valence-electron chi connectivity index (χ0n) is 18.7. The third-order valence-electron chi connectivity index (χ3n) is 6.60. The Balaban J connectivity index is 1.38. The minimum atomic E-state index is -0.0556. The average molecular weight is 431 g/mol. The van der Waals surface area contributed by atoms with Gasteiger partial charge < -0.3 is 9.80 Å². The summed E-state index contributed by atoms with van der Waals surface area (Å²) in [6.07, 6.45) is 8.57. The van der Waals surface area contributed by atoms with Gasteiger partial charge in [-0.1, -0.05) is 30.3 Å². The molecule has 1 unspecified atom stereocenters. The summed E-state index contributed by atoms with van der Waals surface area (Å²) in [6.45, 7) is 5.07. The van der Waals surface area contributed by atoms with Gasteiger partial charge in [0.05, 0.1) is 6.04 Å². The highest BCUT2D eigenvalue weighted by Crippen LogP contribution is 2.34. The second-order valence-corrected chi connectivity index (χ2v) is 8.74. The first-order valence-corrected chi connectivity index (χ1v) is 11.6. The Hall–Kier alpha value is -3.22. The second kappa shape index (κ2) is 9.10. The van der Waals surface area contributed by atoms with E-state index in [0.717, 1.165) is 69.1 Å². The van der Waals surface area contributed by atoms with E-state index in [9.17, 15) is 4.79 Å². The molecular formula is C25H30N6O. The molecule has 3 aromatic rings. The maximum atomic E-state index is 13.0. The maximum Gasteiger partial charge on any atom is 0.244 e. The van der Waals surface area contributed by atoms with Gasteiger partial charge in [-0.05, 0) is 50.7 Å². The van der Waals surface area contributed by atoms with Crippen LogP contribution in [0, 0.1) is 6.92 Å². The number of aromatic nitrogens is 4. The van der Waals surface area contributed by atoms with Gasteiger partial charge in [-0.15, -0.1) is 0 Å². The SMILES string of the molecule is Cc1nc(C2CCCN2C(=O)Cn2cccn2)nc2c1CCCN2CCc1ccccc1. The van der Waals surface area contributed by atoms with Gasteiger partial charge in [-0.3, -0.25) is 9.48 Å². The largest absolute Gasteiger partial charge is 0.356 e. The fourth-order valence-corrected chi connectivity index (χ4v) is 4.94. The number of carbonyl (C=O) groups is 1. The van der Waals surface area contributed by atoms with E-state index in [1.54, 1.807) is 10.9 Å². The van der Waals surface area contributed by atoms with Crippen LogP contribution < -0.4 is 4.90 Å². The fraction of sp³-hybridized carbons (Fsp3) is 0.440. The van der Waals surface area contributed by atoms with Crippen LogP contribution in [0.25, 0.3) is 0 Å². The summed E-state index contributed by atoms with van der Waals surface area (Å²) >= 11 is 0. The van der Waals surface area contributed by atoms with E-state index in [0.29, 0.717) is 0 Å². The number of nitrogens with zero attached hydrogens (tertiary/aromatic N) is 6. The molecule has 4 heterocycles. The summed E-state index contributed by atoms with van der Waals surface area (Å²) in [5.74, 6) is 1.94. The van der Waals surface area contributed by atoms with Gasteiger partial charge in [-0.25, -0.2) is 9.97 Å². The number of aryl methyl sites for hydroxylation is 1. The molecule has 0 saturated carbocycles. The summed E-state index contributed by atoms with van der Waals surface area (Å²) in [5, 5.41) is 4.18. The lowest BCUT2D eigenvalue weighted by Gasteiger charge is -2.32. The topological polar surface area (TPSA) is 67.2 Å². The van der Waals surface area contributed by atoms with E-state index < -0.39 is 0 Å². The molecule has 2 aromatic heterocycles. The average Bonchev–Trinajstić information content (AvgIpc) is 3.50. The number of rotatable bonds is 6. The highest BCUT2D eigenvalue weighted by atomic mass is 16.2. The van der Waals surface area contributed by atoms with E-state index in [4.69, 9.17) is 9.97 Å². The van der Waals surface area contributed by atoms with Crippen LogP contribution in [0.15, 0.2) is 48.8 Å². The molecular weight excluding hydrogens is 400 g/mol. The molecule has 1 fully saturated rings. The first-order valence-electron chi connectivity index (χ1n) is 11.6. The highest BCUT2D eigenvalue weighted by Gasteiger charge is 2.33. The molecule has 1 atom stereocenters. The van der Waals surface area contributed by atoms with Crippen molar-refractivity contribution in [3.8, 4) is 0 Å². The Labute approximate surface area is 189 Å². The number of likely N-dealkylation sites (tertiary alicyclic amines) is 1. The molecule has 7 nitrogen and oxygen atoms in total. The smallest absolute Gasteiger partial charge is 0.244 e. The number of fused-ring (bicyclic) bond motifs is 1. The van der Waals surface area contributed by atoms with Crippen LogP contribution in [0.3, 0.4) is 0 Å². The van der Waals surface area contributed by atoms with Crippen LogP contribution in [0.1, 0.15) is 47.9 Å². The van der Waals surface area contributed by atoms with Crippen LogP contribution in [0.2, 0.25) is 0 Å². The van der Waals surface area contributed by atoms with Gasteiger partial charge in [0.2, 0.25) is 5.91 Å².